The number of nitrogens with one attached hydrogen (secondary N) is 1. The summed E-state index contributed by atoms with van der Waals surface area (Å²) in [5, 5.41) is 12.3. The Hall–Kier alpha value is -3.84. The zero-order valence-electron chi connectivity index (χ0n) is 20.8. The van der Waals surface area contributed by atoms with Crippen LogP contribution in [-0.4, -0.2) is 25.1 Å². The molecule has 0 aromatic heterocycles. The van der Waals surface area contributed by atoms with Crippen LogP contribution in [0.25, 0.3) is 6.08 Å². The van der Waals surface area contributed by atoms with Crippen molar-refractivity contribution >= 4 is 46.2 Å². The predicted molar refractivity (Wildman–Crippen MR) is 150 cm³/mol. The van der Waals surface area contributed by atoms with Gasteiger partial charge in [0.2, 0.25) is 0 Å². The summed E-state index contributed by atoms with van der Waals surface area (Å²) in [7, 11) is 0. The van der Waals surface area contributed by atoms with Gasteiger partial charge in [-0.15, -0.1) is 0 Å². The Balaban J connectivity index is 1.78. The Bertz CT molecular complexity index is 1330. The van der Waals surface area contributed by atoms with Crippen molar-refractivity contribution < 1.29 is 23.8 Å². The number of nitriles is 1. The molecule has 1 amide bonds. The van der Waals surface area contributed by atoms with Crippen molar-refractivity contribution in [1.82, 2.24) is 0 Å². The van der Waals surface area contributed by atoms with Crippen LogP contribution in [0, 0.1) is 21.8 Å². The molecule has 0 saturated carbocycles. The average molecular weight is 610 g/mol. The molecule has 0 atom stereocenters. The number of amides is 1. The lowest BCUT2D eigenvalue weighted by atomic mass is 10.1. The second-order valence-corrected chi connectivity index (χ2v) is 9.12. The smallest absolute Gasteiger partial charge is 0.338 e. The normalized spacial score (nSPS) is 10.8. The number of benzene rings is 3. The van der Waals surface area contributed by atoms with Crippen LogP contribution in [0.3, 0.4) is 0 Å². The van der Waals surface area contributed by atoms with Gasteiger partial charge in [0.15, 0.2) is 11.5 Å². The summed E-state index contributed by atoms with van der Waals surface area (Å²) in [5.74, 6) is 0.118. The van der Waals surface area contributed by atoms with Crippen molar-refractivity contribution in [3.8, 4) is 17.6 Å². The Morgan fingerprint density at radius 2 is 1.70 bits per heavy atom. The molecule has 0 fully saturated rings. The minimum atomic E-state index is -0.570. The van der Waals surface area contributed by atoms with Gasteiger partial charge in [0.25, 0.3) is 5.91 Å². The van der Waals surface area contributed by atoms with Crippen molar-refractivity contribution in [2.75, 3.05) is 18.5 Å². The predicted octanol–water partition coefficient (Wildman–Crippen LogP) is 6.30. The van der Waals surface area contributed by atoms with E-state index in [0.29, 0.717) is 41.5 Å². The van der Waals surface area contributed by atoms with E-state index in [1.54, 1.807) is 37.3 Å². The first kappa shape index (κ1) is 27.7. The van der Waals surface area contributed by atoms with Crippen LogP contribution >= 0.6 is 22.6 Å². The van der Waals surface area contributed by atoms with Crippen LogP contribution < -0.4 is 14.8 Å². The van der Waals surface area contributed by atoms with Gasteiger partial charge in [0, 0.05) is 5.69 Å². The van der Waals surface area contributed by atoms with E-state index in [9.17, 15) is 14.9 Å². The first-order chi connectivity index (χ1) is 17.8. The van der Waals surface area contributed by atoms with E-state index in [4.69, 9.17) is 14.2 Å². The van der Waals surface area contributed by atoms with Gasteiger partial charge >= 0.3 is 5.97 Å². The number of hydrogen-bond donors (Lipinski definition) is 1. The molecule has 3 rings (SSSR count). The number of aryl methyl sites for hydroxylation is 1. The van der Waals surface area contributed by atoms with Gasteiger partial charge in [-0.1, -0.05) is 29.8 Å². The highest BCUT2D eigenvalue weighted by Crippen LogP contribution is 2.35. The first-order valence-electron chi connectivity index (χ1n) is 11.7. The number of halogens is 1. The zero-order valence-corrected chi connectivity index (χ0v) is 23.0. The van der Waals surface area contributed by atoms with Crippen molar-refractivity contribution in [2.45, 2.75) is 27.4 Å². The second-order valence-electron chi connectivity index (χ2n) is 7.96. The summed E-state index contributed by atoms with van der Waals surface area (Å²) in [4.78, 5) is 24.6. The summed E-state index contributed by atoms with van der Waals surface area (Å²) in [6, 6.07) is 19.9. The Labute approximate surface area is 230 Å². The van der Waals surface area contributed by atoms with E-state index < -0.39 is 11.9 Å². The highest BCUT2D eigenvalue weighted by atomic mass is 127. The van der Waals surface area contributed by atoms with Crippen molar-refractivity contribution in [3.05, 3.63) is 92.1 Å². The van der Waals surface area contributed by atoms with Gasteiger partial charge in [-0.2, -0.15) is 5.26 Å². The molecule has 0 radical (unpaired) electrons. The molecular formula is C29H27IN2O5. The van der Waals surface area contributed by atoms with Gasteiger partial charge in [-0.05, 0) is 97.0 Å². The van der Waals surface area contributed by atoms with Crippen molar-refractivity contribution in [3.63, 3.8) is 0 Å². The fourth-order valence-electron chi connectivity index (χ4n) is 3.33. The number of nitrogens with zero attached hydrogens (tertiary/aromatic N) is 1. The molecule has 190 valence electrons. The van der Waals surface area contributed by atoms with E-state index in [-0.39, 0.29) is 12.2 Å². The van der Waals surface area contributed by atoms with Gasteiger partial charge in [-0.25, -0.2) is 4.79 Å². The Morgan fingerprint density at radius 3 is 2.32 bits per heavy atom. The largest absolute Gasteiger partial charge is 0.490 e. The monoisotopic (exact) mass is 610 g/mol. The minimum absolute atomic E-state index is 0.0824. The second kappa shape index (κ2) is 13.5. The maximum atomic E-state index is 12.8. The number of hydrogen-bond acceptors (Lipinski definition) is 6. The molecule has 7 nitrogen and oxygen atoms in total. The molecule has 37 heavy (non-hydrogen) atoms. The first-order valence-corrected chi connectivity index (χ1v) is 12.8. The molecule has 0 bridgehead atoms. The average Bonchev–Trinajstić information content (AvgIpc) is 2.88. The van der Waals surface area contributed by atoms with E-state index in [2.05, 4.69) is 27.9 Å². The zero-order chi connectivity index (χ0) is 26.8. The number of anilines is 1. The third-order valence-electron chi connectivity index (χ3n) is 5.17. The maximum absolute atomic E-state index is 12.8. The lowest BCUT2D eigenvalue weighted by molar-refractivity contribution is -0.112. The fraction of sp³-hybridized carbons (Fsp3) is 0.207. The minimum Gasteiger partial charge on any atom is -0.490 e. The molecule has 0 saturated heterocycles. The summed E-state index contributed by atoms with van der Waals surface area (Å²) in [5.41, 5.74) is 3.57. The standard InChI is InChI=1S/C29H27IN2O5/c1-4-35-26-16-21(15-25(30)27(26)37-18-20-8-6-19(3)7-9-20)14-23(17-31)28(33)32-24-12-10-22(11-13-24)29(34)36-5-2/h6-16H,4-5,18H2,1-3H3,(H,32,33)/b23-14+. The van der Waals surface area contributed by atoms with E-state index in [1.807, 2.05) is 50.2 Å². The van der Waals surface area contributed by atoms with E-state index in [0.717, 1.165) is 9.13 Å². The number of ether oxygens (including phenoxy) is 3. The molecular weight excluding hydrogens is 583 g/mol. The fourth-order valence-corrected chi connectivity index (χ4v) is 4.11. The van der Waals surface area contributed by atoms with Gasteiger partial charge in [0.05, 0.1) is 22.3 Å². The van der Waals surface area contributed by atoms with Crippen molar-refractivity contribution in [1.29, 1.82) is 5.26 Å². The van der Waals surface area contributed by atoms with E-state index >= 15 is 0 Å². The number of esters is 1. The molecule has 0 heterocycles. The summed E-state index contributed by atoms with van der Waals surface area (Å²) in [6.07, 6.45) is 1.50. The summed E-state index contributed by atoms with van der Waals surface area (Å²) >= 11 is 2.15. The van der Waals surface area contributed by atoms with Crippen LogP contribution in [0.4, 0.5) is 5.69 Å². The van der Waals surface area contributed by atoms with Gasteiger partial charge in [-0.3, -0.25) is 4.79 Å². The SMILES string of the molecule is CCOC(=O)c1ccc(NC(=O)/C(C#N)=C/c2cc(I)c(OCc3ccc(C)cc3)c(OCC)c2)cc1. The maximum Gasteiger partial charge on any atom is 0.338 e. The molecule has 0 unspecified atom stereocenters. The topological polar surface area (TPSA) is 97.7 Å². The number of carbonyl (C=O) groups excluding carboxylic acids is 2. The number of rotatable bonds is 10. The summed E-state index contributed by atoms with van der Waals surface area (Å²) in [6.45, 7) is 6.72. The van der Waals surface area contributed by atoms with Crippen LogP contribution in [0.2, 0.25) is 0 Å². The van der Waals surface area contributed by atoms with Crippen molar-refractivity contribution in [2.24, 2.45) is 0 Å². The lowest BCUT2D eigenvalue weighted by Gasteiger charge is -2.15. The molecule has 1 N–H and O–H groups in total. The molecule has 3 aromatic carbocycles. The molecule has 0 aliphatic carbocycles. The Morgan fingerprint density at radius 1 is 1.00 bits per heavy atom. The highest BCUT2D eigenvalue weighted by molar-refractivity contribution is 14.1. The quantitative estimate of drug-likeness (QED) is 0.125. The van der Waals surface area contributed by atoms with Crippen LogP contribution in [0.1, 0.15) is 40.9 Å². The molecule has 8 heteroatoms. The Kier molecular flexibility index (Phi) is 10.1. The lowest BCUT2D eigenvalue weighted by Crippen LogP contribution is -2.13. The molecule has 0 aliphatic rings. The van der Waals surface area contributed by atoms with Crippen LogP contribution in [0.15, 0.2) is 66.2 Å². The third kappa shape index (κ3) is 7.82. The van der Waals surface area contributed by atoms with E-state index in [1.165, 1.54) is 11.6 Å². The van der Waals surface area contributed by atoms with Crippen LogP contribution in [0.5, 0.6) is 11.5 Å². The molecule has 3 aromatic rings. The third-order valence-corrected chi connectivity index (χ3v) is 5.97. The van der Waals surface area contributed by atoms with Gasteiger partial charge < -0.3 is 19.5 Å². The van der Waals surface area contributed by atoms with Gasteiger partial charge in [0.1, 0.15) is 18.2 Å². The van der Waals surface area contributed by atoms with Crippen LogP contribution in [-0.2, 0) is 16.1 Å². The molecule has 0 aliphatic heterocycles. The summed E-state index contributed by atoms with van der Waals surface area (Å²) < 4.78 is 17.6. The highest BCUT2D eigenvalue weighted by Gasteiger charge is 2.15. The molecule has 0 spiro atoms. The number of carbonyl (C=O) groups is 2.